The molecule has 2 aromatic carbocycles. The van der Waals surface area contributed by atoms with E-state index >= 15 is 0 Å². The molecule has 0 bridgehead atoms. The van der Waals surface area contributed by atoms with E-state index in [0.717, 1.165) is 49.1 Å². The standard InChI is InChI=1S/C26H30N2O3/c1-26(2)16-19-11-12-21(31-3)14-22(19)23(28-26)15-24(29)17-7-6-8-18(13-17)25(30)27-20-9-4-5-10-20/h6-8,11-14,20H,4-5,9-10,15-16H2,1-3H3,(H,27,30). The van der Waals surface area contributed by atoms with Crippen molar-refractivity contribution in [2.75, 3.05) is 7.11 Å². The molecule has 1 amide bonds. The summed E-state index contributed by atoms with van der Waals surface area (Å²) in [4.78, 5) is 30.7. The van der Waals surface area contributed by atoms with Crippen LogP contribution >= 0.6 is 0 Å². The van der Waals surface area contributed by atoms with E-state index in [1.165, 1.54) is 5.56 Å². The molecule has 31 heavy (non-hydrogen) atoms. The molecule has 1 aliphatic carbocycles. The van der Waals surface area contributed by atoms with E-state index in [1.54, 1.807) is 31.4 Å². The van der Waals surface area contributed by atoms with Gasteiger partial charge in [0, 0.05) is 22.7 Å². The van der Waals surface area contributed by atoms with Gasteiger partial charge in [-0.25, -0.2) is 0 Å². The SMILES string of the molecule is COc1ccc2c(c1)C(CC(=O)c1cccc(C(=O)NC3CCCC3)c1)=NC(C)(C)C2. The zero-order valence-electron chi connectivity index (χ0n) is 18.5. The lowest BCUT2D eigenvalue weighted by molar-refractivity contribution is 0.0938. The van der Waals surface area contributed by atoms with Crippen LogP contribution in [0.2, 0.25) is 0 Å². The maximum Gasteiger partial charge on any atom is 0.251 e. The molecule has 2 aliphatic rings. The Hall–Kier alpha value is -2.95. The third-order valence-electron chi connectivity index (χ3n) is 6.15. The first-order valence-corrected chi connectivity index (χ1v) is 11.0. The van der Waals surface area contributed by atoms with Crippen LogP contribution in [-0.2, 0) is 6.42 Å². The fraction of sp³-hybridized carbons (Fsp3) is 0.423. The Labute approximate surface area is 183 Å². The predicted octanol–water partition coefficient (Wildman–Crippen LogP) is 4.76. The van der Waals surface area contributed by atoms with Crippen LogP contribution in [0.25, 0.3) is 0 Å². The molecular weight excluding hydrogens is 388 g/mol. The second-order valence-electron chi connectivity index (χ2n) is 9.21. The number of hydrogen-bond acceptors (Lipinski definition) is 4. The number of fused-ring (bicyclic) bond motifs is 1. The number of hydrogen-bond donors (Lipinski definition) is 1. The zero-order valence-corrected chi connectivity index (χ0v) is 18.5. The van der Waals surface area contributed by atoms with Crippen LogP contribution in [0.15, 0.2) is 47.5 Å². The topological polar surface area (TPSA) is 67.8 Å². The molecule has 1 saturated carbocycles. The highest BCUT2D eigenvalue weighted by Crippen LogP contribution is 2.31. The summed E-state index contributed by atoms with van der Waals surface area (Å²) in [6.07, 6.45) is 5.40. The fourth-order valence-corrected chi connectivity index (χ4v) is 4.60. The third kappa shape index (κ3) is 4.87. The average Bonchev–Trinajstić information content (AvgIpc) is 3.26. The highest BCUT2D eigenvalue weighted by atomic mass is 16.5. The van der Waals surface area contributed by atoms with Gasteiger partial charge in [0.2, 0.25) is 0 Å². The van der Waals surface area contributed by atoms with Crippen LogP contribution < -0.4 is 10.1 Å². The first-order valence-electron chi connectivity index (χ1n) is 11.0. The predicted molar refractivity (Wildman–Crippen MR) is 122 cm³/mol. The number of ketones is 1. The van der Waals surface area contributed by atoms with Crippen molar-refractivity contribution in [3.05, 3.63) is 64.7 Å². The zero-order chi connectivity index (χ0) is 22.0. The normalized spacial score (nSPS) is 17.6. The number of Topliss-reactive ketones (excluding diaryl/α,β-unsaturated/α-hetero) is 1. The Morgan fingerprint density at radius 1 is 1.10 bits per heavy atom. The number of nitrogens with zero attached hydrogens (tertiary/aromatic N) is 1. The molecule has 162 valence electrons. The lowest BCUT2D eigenvalue weighted by Gasteiger charge is -2.29. The molecule has 0 radical (unpaired) electrons. The second-order valence-corrected chi connectivity index (χ2v) is 9.21. The van der Waals surface area contributed by atoms with E-state index in [4.69, 9.17) is 9.73 Å². The molecule has 0 saturated heterocycles. The Morgan fingerprint density at radius 2 is 1.84 bits per heavy atom. The number of amides is 1. The van der Waals surface area contributed by atoms with Gasteiger partial charge in [-0.05, 0) is 62.9 Å². The molecule has 1 fully saturated rings. The van der Waals surface area contributed by atoms with Crippen LogP contribution in [0, 0.1) is 0 Å². The highest BCUT2D eigenvalue weighted by Gasteiger charge is 2.28. The summed E-state index contributed by atoms with van der Waals surface area (Å²) in [6.45, 7) is 4.16. The van der Waals surface area contributed by atoms with Crippen molar-refractivity contribution < 1.29 is 14.3 Å². The molecule has 1 aliphatic heterocycles. The summed E-state index contributed by atoms with van der Waals surface area (Å²) in [5.41, 5.74) is 3.73. The molecule has 0 spiro atoms. The van der Waals surface area contributed by atoms with Crippen LogP contribution in [0.1, 0.15) is 77.8 Å². The smallest absolute Gasteiger partial charge is 0.251 e. The number of rotatable bonds is 6. The van der Waals surface area contributed by atoms with E-state index in [9.17, 15) is 9.59 Å². The Bertz CT molecular complexity index is 1030. The van der Waals surface area contributed by atoms with Crippen molar-refractivity contribution in [3.8, 4) is 5.75 Å². The molecule has 0 atom stereocenters. The van der Waals surface area contributed by atoms with Gasteiger partial charge in [0.15, 0.2) is 5.78 Å². The lowest BCUT2D eigenvalue weighted by Crippen LogP contribution is -2.32. The van der Waals surface area contributed by atoms with Gasteiger partial charge >= 0.3 is 0 Å². The van der Waals surface area contributed by atoms with Crippen LogP contribution in [0.3, 0.4) is 0 Å². The quantitative estimate of drug-likeness (QED) is 0.688. The van der Waals surface area contributed by atoms with Gasteiger partial charge in [0.05, 0.1) is 24.8 Å². The first kappa shape index (κ1) is 21.3. The number of nitrogens with one attached hydrogen (secondary N) is 1. The Morgan fingerprint density at radius 3 is 2.58 bits per heavy atom. The number of carbonyl (C=O) groups is 2. The van der Waals surface area contributed by atoms with Gasteiger partial charge in [-0.2, -0.15) is 0 Å². The van der Waals surface area contributed by atoms with Crippen molar-refractivity contribution >= 4 is 17.4 Å². The van der Waals surface area contributed by atoms with Gasteiger partial charge in [0.1, 0.15) is 5.75 Å². The fourth-order valence-electron chi connectivity index (χ4n) is 4.60. The number of carbonyl (C=O) groups excluding carboxylic acids is 2. The maximum absolute atomic E-state index is 13.2. The molecule has 2 aromatic rings. The molecule has 4 rings (SSSR count). The molecule has 5 nitrogen and oxygen atoms in total. The largest absolute Gasteiger partial charge is 0.497 e. The van der Waals surface area contributed by atoms with Gasteiger partial charge in [-0.15, -0.1) is 0 Å². The van der Waals surface area contributed by atoms with Crippen LogP contribution in [0.5, 0.6) is 5.75 Å². The average molecular weight is 419 g/mol. The summed E-state index contributed by atoms with van der Waals surface area (Å²) in [7, 11) is 1.64. The van der Waals surface area contributed by atoms with Gasteiger partial charge in [-0.1, -0.05) is 31.0 Å². The van der Waals surface area contributed by atoms with E-state index < -0.39 is 0 Å². The van der Waals surface area contributed by atoms with E-state index in [-0.39, 0.29) is 29.7 Å². The van der Waals surface area contributed by atoms with Crippen molar-refractivity contribution in [2.45, 2.75) is 64.0 Å². The summed E-state index contributed by atoms with van der Waals surface area (Å²) >= 11 is 0. The summed E-state index contributed by atoms with van der Waals surface area (Å²) in [6, 6.07) is 13.2. The van der Waals surface area contributed by atoms with E-state index in [1.807, 2.05) is 12.1 Å². The van der Waals surface area contributed by atoms with E-state index in [0.29, 0.717) is 11.1 Å². The molecule has 0 unspecified atom stereocenters. The van der Waals surface area contributed by atoms with Gasteiger partial charge in [0.25, 0.3) is 5.91 Å². The summed E-state index contributed by atoms with van der Waals surface area (Å²) in [5, 5.41) is 3.09. The summed E-state index contributed by atoms with van der Waals surface area (Å²) in [5.74, 6) is 0.609. The number of benzene rings is 2. The van der Waals surface area contributed by atoms with Crippen molar-refractivity contribution in [1.82, 2.24) is 5.32 Å². The van der Waals surface area contributed by atoms with Gasteiger partial charge in [-0.3, -0.25) is 14.6 Å². The molecule has 1 heterocycles. The molecule has 0 aromatic heterocycles. The van der Waals surface area contributed by atoms with Crippen LogP contribution in [0.4, 0.5) is 0 Å². The minimum atomic E-state index is -0.264. The van der Waals surface area contributed by atoms with Crippen molar-refractivity contribution in [1.29, 1.82) is 0 Å². The monoisotopic (exact) mass is 418 g/mol. The highest BCUT2D eigenvalue weighted by molar-refractivity contribution is 6.17. The first-order chi connectivity index (χ1) is 14.8. The Kier molecular flexibility index (Phi) is 5.94. The maximum atomic E-state index is 13.2. The van der Waals surface area contributed by atoms with Crippen LogP contribution in [-0.4, -0.2) is 36.1 Å². The number of ether oxygens (including phenoxy) is 1. The molecule has 1 N–H and O–H groups in total. The number of aliphatic imine (C=N–C) groups is 1. The minimum Gasteiger partial charge on any atom is -0.497 e. The minimum absolute atomic E-state index is 0.0410. The molecule has 5 heteroatoms. The van der Waals surface area contributed by atoms with Crippen molar-refractivity contribution in [2.24, 2.45) is 4.99 Å². The summed E-state index contributed by atoms with van der Waals surface area (Å²) < 4.78 is 5.38. The molecular formula is C26H30N2O3. The van der Waals surface area contributed by atoms with Gasteiger partial charge < -0.3 is 10.1 Å². The number of methoxy groups -OCH3 is 1. The van der Waals surface area contributed by atoms with E-state index in [2.05, 4.69) is 25.2 Å². The van der Waals surface area contributed by atoms with Crippen molar-refractivity contribution in [3.63, 3.8) is 0 Å². The third-order valence-corrected chi connectivity index (χ3v) is 6.15. The lowest BCUT2D eigenvalue weighted by atomic mass is 9.85. The Balaban J connectivity index is 1.55. The second kappa shape index (κ2) is 8.66.